The van der Waals surface area contributed by atoms with Crippen molar-refractivity contribution in [2.24, 2.45) is 0 Å². The van der Waals surface area contributed by atoms with Gasteiger partial charge in [-0.05, 0) is 35.4 Å². The molecule has 0 radical (unpaired) electrons. The van der Waals surface area contributed by atoms with Crippen LogP contribution >= 0.6 is 11.6 Å². The van der Waals surface area contributed by atoms with Gasteiger partial charge in [0.25, 0.3) is 5.91 Å². The Morgan fingerprint density at radius 2 is 1.47 bits per heavy atom. The topological polar surface area (TPSA) is 57.6 Å². The lowest BCUT2D eigenvalue weighted by atomic mass is 9.90. The monoisotopic (exact) mass is 465 g/mol. The number of carbonyl (C=O) groups excluding carboxylic acids is 1. The van der Waals surface area contributed by atoms with Crippen molar-refractivity contribution >= 4 is 40.3 Å². The molecule has 1 aliphatic rings. The quantitative estimate of drug-likeness (QED) is 0.340. The van der Waals surface area contributed by atoms with Crippen molar-refractivity contribution in [2.75, 3.05) is 4.90 Å². The Morgan fingerprint density at radius 1 is 0.794 bits per heavy atom. The molecular weight excluding hydrogens is 446 g/mol. The van der Waals surface area contributed by atoms with Gasteiger partial charge in [-0.2, -0.15) is 0 Å². The lowest BCUT2D eigenvalue weighted by molar-refractivity contribution is -0.113. The molecule has 1 N–H and O–H groups in total. The molecular formula is C29H20ClNO3. The van der Waals surface area contributed by atoms with E-state index < -0.39 is 5.97 Å². The molecule has 34 heavy (non-hydrogen) atoms. The highest BCUT2D eigenvalue weighted by atomic mass is 35.5. The highest BCUT2D eigenvalue weighted by molar-refractivity contribution is 6.40. The first-order valence-electron chi connectivity index (χ1n) is 10.8. The summed E-state index contributed by atoms with van der Waals surface area (Å²) in [7, 11) is 0. The summed E-state index contributed by atoms with van der Waals surface area (Å²) in [5.41, 5.74) is 5.54. The number of aromatic carboxylic acids is 1. The van der Waals surface area contributed by atoms with Gasteiger partial charge in [-0.1, -0.05) is 90.5 Å². The predicted molar refractivity (Wildman–Crippen MR) is 135 cm³/mol. The van der Waals surface area contributed by atoms with Crippen LogP contribution in [0.1, 0.15) is 32.6 Å². The molecule has 0 aliphatic carbocycles. The van der Waals surface area contributed by atoms with Crippen molar-refractivity contribution in [3.8, 4) is 0 Å². The summed E-state index contributed by atoms with van der Waals surface area (Å²) in [5, 5.41) is 9.93. The fourth-order valence-electron chi connectivity index (χ4n) is 4.37. The lowest BCUT2D eigenvalue weighted by Crippen LogP contribution is -2.26. The SMILES string of the molecule is O=C(O)c1cccc(CN2C(=O)/C(=C(\c3ccccc3)c3ccccc3Cl)c3ccccc32)c1. The van der Waals surface area contributed by atoms with E-state index in [2.05, 4.69) is 0 Å². The van der Waals surface area contributed by atoms with Crippen LogP contribution in [0.5, 0.6) is 0 Å². The van der Waals surface area contributed by atoms with Crippen molar-refractivity contribution in [2.45, 2.75) is 6.54 Å². The molecule has 0 atom stereocenters. The highest BCUT2D eigenvalue weighted by Crippen LogP contribution is 2.44. The summed E-state index contributed by atoms with van der Waals surface area (Å²) in [5.74, 6) is -1.15. The van der Waals surface area contributed by atoms with Gasteiger partial charge in [-0.15, -0.1) is 0 Å². The minimum absolute atomic E-state index is 0.152. The van der Waals surface area contributed by atoms with Gasteiger partial charge in [0.15, 0.2) is 0 Å². The predicted octanol–water partition coefficient (Wildman–Crippen LogP) is 6.54. The number of rotatable bonds is 5. The van der Waals surface area contributed by atoms with Crippen LogP contribution in [0.15, 0.2) is 103 Å². The van der Waals surface area contributed by atoms with E-state index in [4.69, 9.17) is 11.6 Å². The van der Waals surface area contributed by atoms with Crippen molar-refractivity contribution in [3.63, 3.8) is 0 Å². The van der Waals surface area contributed by atoms with Gasteiger partial charge in [0.1, 0.15) is 0 Å². The van der Waals surface area contributed by atoms with Crippen LogP contribution < -0.4 is 4.90 Å². The molecule has 0 saturated heterocycles. The van der Waals surface area contributed by atoms with Gasteiger partial charge in [0, 0.05) is 21.7 Å². The Hall–Kier alpha value is -4.15. The number of nitrogens with zero attached hydrogens (tertiary/aromatic N) is 1. The van der Waals surface area contributed by atoms with Crippen LogP contribution in [0.2, 0.25) is 5.02 Å². The van der Waals surface area contributed by atoms with E-state index in [-0.39, 0.29) is 18.0 Å². The average molecular weight is 466 g/mol. The summed E-state index contributed by atoms with van der Waals surface area (Å²) in [4.78, 5) is 27.1. The summed E-state index contributed by atoms with van der Waals surface area (Å²) < 4.78 is 0. The smallest absolute Gasteiger partial charge is 0.335 e. The average Bonchev–Trinajstić information content (AvgIpc) is 3.13. The van der Waals surface area contributed by atoms with Crippen molar-refractivity contribution < 1.29 is 14.7 Å². The molecule has 166 valence electrons. The van der Waals surface area contributed by atoms with Crippen LogP contribution in [0, 0.1) is 0 Å². The second kappa shape index (κ2) is 9.00. The van der Waals surface area contributed by atoms with Crippen LogP contribution in [-0.4, -0.2) is 17.0 Å². The number of hydrogen-bond acceptors (Lipinski definition) is 2. The number of carboxylic acids is 1. The molecule has 0 spiro atoms. The number of benzene rings is 4. The van der Waals surface area contributed by atoms with Gasteiger partial charge in [0.05, 0.1) is 23.4 Å². The molecule has 0 unspecified atom stereocenters. The lowest BCUT2D eigenvalue weighted by Gasteiger charge is -2.18. The van der Waals surface area contributed by atoms with E-state index in [1.165, 1.54) is 0 Å². The Bertz CT molecular complexity index is 1440. The molecule has 0 aromatic heterocycles. The van der Waals surface area contributed by atoms with E-state index in [0.29, 0.717) is 10.6 Å². The summed E-state index contributed by atoms with van der Waals surface area (Å²) >= 11 is 6.62. The van der Waals surface area contributed by atoms with Crippen molar-refractivity contribution in [1.29, 1.82) is 0 Å². The van der Waals surface area contributed by atoms with E-state index in [1.54, 1.807) is 23.1 Å². The summed E-state index contributed by atoms with van der Waals surface area (Å²) in [6.07, 6.45) is 0. The third-order valence-corrected chi connectivity index (χ3v) is 6.22. The van der Waals surface area contributed by atoms with Crippen LogP contribution in [-0.2, 0) is 11.3 Å². The van der Waals surface area contributed by atoms with Crippen LogP contribution in [0.3, 0.4) is 0 Å². The molecule has 0 bridgehead atoms. The number of para-hydroxylation sites is 1. The fourth-order valence-corrected chi connectivity index (χ4v) is 4.60. The number of hydrogen-bond donors (Lipinski definition) is 1. The molecule has 0 saturated carbocycles. The minimum atomic E-state index is -0.999. The zero-order valence-corrected chi connectivity index (χ0v) is 18.9. The van der Waals surface area contributed by atoms with Crippen molar-refractivity contribution in [3.05, 3.63) is 136 Å². The first kappa shape index (κ1) is 21.7. The standard InChI is InChI=1S/C29H20ClNO3/c30-24-15-6-4-13-22(24)26(20-10-2-1-3-11-20)27-23-14-5-7-16-25(23)31(28(27)32)18-19-9-8-12-21(17-19)29(33)34/h1-17H,18H2,(H,33,34)/b27-26+. The number of carboxylic acid groups (broad SMARTS) is 1. The number of anilines is 1. The minimum Gasteiger partial charge on any atom is -0.478 e. The maximum absolute atomic E-state index is 14.0. The Morgan fingerprint density at radius 3 is 2.24 bits per heavy atom. The zero-order chi connectivity index (χ0) is 23.7. The first-order chi connectivity index (χ1) is 16.5. The van der Waals surface area contributed by atoms with Gasteiger partial charge >= 0.3 is 5.97 Å². The van der Waals surface area contributed by atoms with E-state index in [1.807, 2.05) is 84.9 Å². The number of carbonyl (C=O) groups is 2. The zero-order valence-electron chi connectivity index (χ0n) is 18.1. The summed E-state index contributed by atoms with van der Waals surface area (Å²) in [6.45, 7) is 0.255. The third-order valence-electron chi connectivity index (χ3n) is 5.89. The Balaban J connectivity index is 1.71. The third kappa shape index (κ3) is 3.89. The normalized spacial score (nSPS) is 14.1. The molecule has 5 heteroatoms. The molecule has 4 aromatic rings. The van der Waals surface area contributed by atoms with Gasteiger partial charge in [0.2, 0.25) is 0 Å². The Kier molecular flexibility index (Phi) is 5.74. The van der Waals surface area contributed by atoms with Crippen LogP contribution in [0.4, 0.5) is 5.69 Å². The number of fused-ring (bicyclic) bond motifs is 1. The number of halogens is 1. The van der Waals surface area contributed by atoms with Gasteiger partial charge in [-0.25, -0.2) is 4.79 Å². The second-order valence-corrected chi connectivity index (χ2v) is 8.42. The second-order valence-electron chi connectivity index (χ2n) is 8.01. The van der Waals surface area contributed by atoms with Gasteiger partial charge in [-0.3, -0.25) is 4.79 Å². The molecule has 1 heterocycles. The van der Waals surface area contributed by atoms with Crippen LogP contribution in [0.25, 0.3) is 11.1 Å². The molecule has 1 amide bonds. The number of amides is 1. The molecule has 0 fully saturated rings. The molecule has 4 aromatic carbocycles. The first-order valence-corrected chi connectivity index (χ1v) is 11.2. The largest absolute Gasteiger partial charge is 0.478 e. The fraction of sp³-hybridized carbons (Fsp3) is 0.0345. The molecule has 5 rings (SSSR count). The maximum atomic E-state index is 14.0. The maximum Gasteiger partial charge on any atom is 0.335 e. The van der Waals surface area contributed by atoms with E-state index in [9.17, 15) is 14.7 Å². The molecule has 1 aliphatic heterocycles. The molecule has 4 nitrogen and oxygen atoms in total. The van der Waals surface area contributed by atoms with E-state index in [0.717, 1.165) is 33.5 Å². The van der Waals surface area contributed by atoms with Gasteiger partial charge < -0.3 is 10.0 Å². The van der Waals surface area contributed by atoms with Crippen molar-refractivity contribution in [1.82, 2.24) is 0 Å². The van der Waals surface area contributed by atoms with E-state index >= 15 is 0 Å². The Labute approximate surface area is 202 Å². The highest BCUT2D eigenvalue weighted by Gasteiger charge is 2.35. The summed E-state index contributed by atoms with van der Waals surface area (Å²) in [6, 6.07) is 31.6.